The van der Waals surface area contributed by atoms with Crippen LogP contribution in [0.25, 0.3) is 0 Å². The van der Waals surface area contributed by atoms with Crippen LogP contribution in [0.2, 0.25) is 0 Å². The molecular weight excluding hydrogens is 580 g/mol. The van der Waals surface area contributed by atoms with Gasteiger partial charge in [0.15, 0.2) is 5.79 Å². The first kappa shape index (κ1) is 40.2. The summed E-state index contributed by atoms with van der Waals surface area (Å²) in [6.45, 7) is 14.3. The van der Waals surface area contributed by atoms with Gasteiger partial charge in [-0.15, -0.1) is 0 Å². The molecule has 0 radical (unpaired) electrons. The highest BCUT2D eigenvalue weighted by Gasteiger charge is 2.45. The number of rotatable bonds is 21. The third kappa shape index (κ3) is 15.3. The topological polar surface area (TPSA) is 103 Å². The molecule has 1 saturated carbocycles. The van der Waals surface area contributed by atoms with Crippen molar-refractivity contribution in [2.45, 2.75) is 188 Å². The van der Waals surface area contributed by atoms with Crippen molar-refractivity contribution in [1.82, 2.24) is 10.6 Å². The third-order valence-electron chi connectivity index (χ3n) is 9.50. The smallest absolute Gasteiger partial charge is 0.307 e. The second-order valence-corrected chi connectivity index (χ2v) is 15.5. The van der Waals surface area contributed by atoms with Crippen molar-refractivity contribution < 1.29 is 28.6 Å². The average molecular weight is 649 g/mol. The first-order valence-corrected chi connectivity index (χ1v) is 18.5. The fourth-order valence-electron chi connectivity index (χ4n) is 6.27. The molecule has 2 aliphatic rings. The van der Waals surface area contributed by atoms with Crippen LogP contribution in [0.5, 0.6) is 0 Å². The van der Waals surface area contributed by atoms with Gasteiger partial charge in [0.25, 0.3) is 0 Å². The van der Waals surface area contributed by atoms with E-state index in [9.17, 15) is 14.4 Å². The Bertz CT molecular complexity index is 943. The summed E-state index contributed by atoms with van der Waals surface area (Å²) < 4.78 is 17.4. The van der Waals surface area contributed by atoms with Gasteiger partial charge in [-0.3, -0.25) is 14.4 Å². The van der Waals surface area contributed by atoms with Crippen LogP contribution in [0.1, 0.15) is 164 Å². The quantitative estimate of drug-likeness (QED) is 0.0737. The highest BCUT2D eigenvalue weighted by Crippen LogP contribution is 2.35. The minimum atomic E-state index is -0.838. The zero-order valence-electron chi connectivity index (χ0n) is 30.5. The molecule has 3 unspecified atom stereocenters. The van der Waals surface area contributed by atoms with Crippen molar-refractivity contribution in [3.05, 3.63) is 12.2 Å². The molecule has 0 bridgehead atoms. The maximum Gasteiger partial charge on any atom is 0.307 e. The van der Waals surface area contributed by atoms with E-state index in [1.807, 2.05) is 27.7 Å². The number of nitrogens with one attached hydrogen (secondary N) is 2. The van der Waals surface area contributed by atoms with Gasteiger partial charge in [-0.25, -0.2) is 0 Å². The molecule has 266 valence electrons. The Kier molecular flexibility index (Phi) is 17.9. The minimum absolute atomic E-state index is 0.0346. The van der Waals surface area contributed by atoms with Gasteiger partial charge in [-0.2, -0.15) is 0 Å². The SMILES string of the molecule is CCCCCCCCC=CCCCCCCC(C)(C)C(=O)NC1CCCCC1OC(=O)CCNC(=O)C1OC(C)(C)OCC1(C)C. The highest BCUT2D eigenvalue weighted by atomic mass is 16.7. The van der Waals surface area contributed by atoms with Gasteiger partial charge in [-0.05, 0) is 65.2 Å². The largest absolute Gasteiger partial charge is 0.460 e. The van der Waals surface area contributed by atoms with E-state index in [2.05, 4.69) is 29.7 Å². The summed E-state index contributed by atoms with van der Waals surface area (Å²) in [4.78, 5) is 38.9. The van der Waals surface area contributed by atoms with Crippen LogP contribution in [0.4, 0.5) is 0 Å². The number of esters is 1. The summed E-state index contributed by atoms with van der Waals surface area (Å²) in [5.41, 5.74) is -0.951. The number of carbonyl (C=O) groups is 3. The lowest BCUT2D eigenvalue weighted by atomic mass is 9.84. The molecule has 8 nitrogen and oxygen atoms in total. The molecule has 1 aliphatic carbocycles. The van der Waals surface area contributed by atoms with Crippen molar-refractivity contribution >= 4 is 17.8 Å². The zero-order valence-corrected chi connectivity index (χ0v) is 30.5. The Hall–Kier alpha value is -1.93. The molecule has 8 heteroatoms. The first-order chi connectivity index (χ1) is 21.8. The van der Waals surface area contributed by atoms with Gasteiger partial charge < -0.3 is 24.8 Å². The zero-order chi connectivity index (χ0) is 34.1. The van der Waals surface area contributed by atoms with E-state index >= 15 is 0 Å². The lowest BCUT2D eigenvalue weighted by Crippen LogP contribution is -2.56. The van der Waals surface area contributed by atoms with Crippen LogP contribution in [-0.2, 0) is 28.6 Å². The molecule has 1 aliphatic heterocycles. The molecule has 0 aromatic heterocycles. The number of carbonyl (C=O) groups excluding carboxylic acids is 3. The molecule has 1 saturated heterocycles. The molecule has 2 fully saturated rings. The second-order valence-electron chi connectivity index (χ2n) is 15.5. The molecular formula is C38H68N2O6. The summed E-state index contributed by atoms with van der Waals surface area (Å²) in [6, 6.07) is -0.180. The number of unbranched alkanes of at least 4 members (excludes halogenated alkanes) is 10. The van der Waals surface area contributed by atoms with E-state index in [0.717, 1.165) is 51.4 Å². The molecule has 46 heavy (non-hydrogen) atoms. The summed E-state index contributed by atoms with van der Waals surface area (Å²) in [7, 11) is 0. The van der Waals surface area contributed by atoms with Crippen LogP contribution < -0.4 is 10.6 Å². The van der Waals surface area contributed by atoms with Crippen molar-refractivity contribution in [2.75, 3.05) is 13.2 Å². The number of amides is 2. The van der Waals surface area contributed by atoms with Gasteiger partial charge in [0.05, 0.1) is 19.1 Å². The summed E-state index contributed by atoms with van der Waals surface area (Å²) >= 11 is 0. The molecule has 2 amide bonds. The van der Waals surface area contributed by atoms with Gasteiger partial charge in [0, 0.05) is 17.4 Å². The monoisotopic (exact) mass is 649 g/mol. The van der Waals surface area contributed by atoms with Crippen molar-refractivity contribution in [2.24, 2.45) is 10.8 Å². The molecule has 0 aromatic carbocycles. The Morgan fingerprint density at radius 1 is 0.870 bits per heavy atom. The van der Waals surface area contributed by atoms with Gasteiger partial charge >= 0.3 is 5.97 Å². The van der Waals surface area contributed by atoms with E-state index in [-0.39, 0.29) is 42.9 Å². The van der Waals surface area contributed by atoms with Crippen LogP contribution >= 0.6 is 0 Å². The number of hydrogen-bond acceptors (Lipinski definition) is 6. The van der Waals surface area contributed by atoms with Crippen LogP contribution in [0.15, 0.2) is 12.2 Å². The molecule has 3 atom stereocenters. The van der Waals surface area contributed by atoms with E-state index < -0.39 is 22.7 Å². The Balaban J connectivity index is 1.65. The third-order valence-corrected chi connectivity index (χ3v) is 9.50. The second kappa shape index (κ2) is 20.4. The Morgan fingerprint density at radius 2 is 1.48 bits per heavy atom. The van der Waals surface area contributed by atoms with Crippen molar-refractivity contribution in [3.63, 3.8) is 0 Å². The fraction of sp³-hybridized carbons (Fsp3) is 0.868. The highest BCUT2D eigenvalue weighted by molar-refractivity contribution is 5.83. The van der Waals surface area contributed by atoms with Gasteiger partial charge in [0.2, 0.25) is 11.8 Å². The maximum absolute atomic E-state index is 13.3. The van der Waals surface area contributed by atoms with E-state index in [1.165, 1.54) is 57.8 Å². The summed E-state index contributed by atoms with van der Waals surface area (Å²) in [5, 5.41) is 6.06. The number of ether oxygens (including phenoxy) is 3. The van der Waals surface area contributed by atoms with Crippen molar-refractivity contribution in [3.8, 4) is 0 Å². The number of allylic oxidation sites excluding steroid dienone is 2. The standard InChI is InChI=1S/C38H68N2O6/c1-8-9-10-11-12-13-14-15-16-17-18-19-20-23-27-36(2,3)35(43)40-30-24-21-22-25-31(30)45-32(41)26-28-39-34(42)33-37(4,5)29-44-38(6,7)46-33/h15-16,30-31,33H,8-14,17-29H2,1-7H3,(H,39,42)(H,40,43). The van der Waals surface area contributed by atoms with Gasteiger partial charge in [0.1, 0.15) is 12.2 Å². The van der Waals surface area contributed by atoms with Crippen molar-refractivity contribution in [1.29, 1.82) is 0 Å². The lowest BCUT2D eigenvalue weighted by molar-refractivity contribution is -0.304. The number of hydrogen-bond donors (Lipinski definition) is 2. The minimum Gasteiger partial charge on any atom is -0.460 e. The molecule has 0 aromatic rings. The van der Waals surface area contributed by atoms with Crippen LogP contribution in [0, 0.1) is 10.8 Å². The Morgan fingerprint density at radius 3 is 2.15 bits per heavy atom. The molecule has 2 rings (SSSR count). The van der Waals surface area contributed by atoms with E-state index in [4.69, 9.17) is 14.2 Å². The maximum atomic E-state index is 13.3. The Labute approximate surface area is 280 Å². The van der Waals surface area contributed by atoms with Crippen LogP contribution in [0.3, 0.4) is 0 Å². The summed E-state index contributed by atoms with van der Waals surface area (Å²) in [6.07, 6.45) is 23.1. The van der Waals surface area contributed by atoms with E-state index in [1.54, 1.807) is 13.8 Å². The molecule has 1 heterocycles. The molecule has 2 N–H and O–H groups in total. The molecule has 0 spiro atoms. The first-order valence-electron chi connectivity index (χ1n) is 18.5. The predicted octanol–water partition coefficient (Wildman–Crippen LogP) is 8.31. The van der Waals surface area contributed by atoms with Gasteiger partial charge in [-0.1, -0.05) is 105 Å². The normalized spacial score (nSPS) is 22.8. The predicted molar refractivity (Wildman–Crippen MR) is 185 cm³/mol. The van der Waals surface area contributed by atoms with E-state index in [0.29, 0.717) is 6.61 Å². The lowest BCUT2D eigenvalue weighted by Gasteiger charge is -2.44. The van der Waals surface area contributed by atoms with Crippen LogP contribution in [-0.4, -0.2) is 55.0 Å². The fourth-order valence-corrected chi connectivity index (χ4v) is 6.27. The average Bonchev–Trinajstić information content (AvgIpc) is 2.99. The summed E-state index contributed by atoms with van der Waals surface area (Å²) in [5.74, 6) is -1.42.